The molecule has 0 radical (unpaired) electrons. The van der Waals surface area contributed by atoms with E-state index in [1.807, 2.05) is 6.07 Å². The molecule has 0 fully saturated rings. The Labute approximate surface area is 109 Å². The third-order valence-electron chi connectivity index (χ3n) is 2.97. The van der Waals surface area contributed by atoms with E-state index in [-0.39, 0.29) is 0 Å². The fourth-order valence-corrected chi connectivity index (χ4v) is 2.95. The van der Waals surface area contributed by atoms with Crippen molar-refractivity contribution in [2.75, 3.05) is 0 Å². The van der Waals surface area contributed by atoms with E-state index in [1.54, 1.807) is 12.3 Å². The summed E-state index contributed by atoms with van der Waals surface area (Å²) in [7, 11) is -1.24. The molecule has 0 aliphatic heterocycles. The van der Waals surface area contributed by atoms with Gasteiger partial charge in [-0.15, -0.1) is 0 Å². The lowest BCUT2D eigenvalue weighted by Gasteiger charge is -2.16. The lowest BCUT2D eigenvalue weighted by atomic mass is 10.1. The summed E-state index contributed by atoms with van der Waals surface area (Å²) in [6, 6.07) is 12.3. The van der Waals surface area contributed by atoms with Crippen LogP contribution < -0.4 is 5.19 Å². The lowest BCUT2D eigenvalue weighted by molar-refractivity contribution is 0.112. The molecule has 0 saturated carbocycles. The number of hydrogen-bond donors (Lipinski definition) is 0. The fraction of sp³-hybridized carbons (Fsp3) is 0.200. The number of rotatable bonds is 3. The molecule has 3 heteroatoms. The molecule has 2 rings (SSSR count). The molecule has 0 spiro atoms. The van der Waals surface area contributed by atoms with Gasteiger partial charge in [0.15, 0.2) is 6.29 Å². The Morgan fingerprint density at radius 1 is 1.00 bits per heavy atom. The Kier molecular flexibility index (Phi) is 3.43. The molecule has 1 aromatic carbocycles. The van der Waals surface area contributed by atoms with Gasteiger partial charge in [0.25, 0.3) is 0 Å². The molecule has 1 heterocycles. The van der Waals surface area contributed by atoms with Gasteiger partial charge < -0.3 is 0 Å². The largest absolute Gasteiger partial charge is 0.298 e. The number of benzene rings is 1. The first-order valence-corrected chi connectivity index (χ1v) is 9.53. The van der Waals surface area contributed by atoms with Crippen molar-refractivity contribution in [1.29, 1.82) is 0 Å². The molecule has 0 aliphatic carbocycles. The van der Waals surface area contributed by atoms with Gasteiger partial charge in [0.05, 0.1) is 13.8 Å². The molecule has 2 nitrogen and oxygen atoms in total. The minimum atomic E-state index is -1.24. The molecular weight excluding hydrogens is 238 g/mol. The summed E-state index contributed by atoms with van der Waals surface area (Å²) in [6.07, 6.45) is 2.42. The first kappa shape index (κ1) is 12.7. The fourth-order valence-electron chi connectivity index (χ4n) is 1.79. The Morgan fingerprint density at radius 3 is 2.11 bits per heavy atom. The molecule has 92 valence electrons. The zero-order chi connectivity index (χ0) is 13.2. The van der Waals surface area contributed by atoms with Crippen LogP contribution in [0.1, 0.15) is 10.4 Å². The molecule has 0 aliphatic rings. The van der Waals surface area contributed by atoms with Crippen LogP contribution in [0.5, 0.6) is 0 Å². The summed E-state index contributed by atoms with van der Waals surface area (Å²) in [5.74, 6) is 0. The van der Waals surface area contributed by atoms with Crippen molar-refractivity contribution in [1.82, 2.24) is 4.98 Å². The van der Waals surface area contributed by atoms with E-state index in [0.29, 0.717) is 5.56 Å². The van der Waals surface area contributed by atoms with Gasteiger partial charge in [-0.25, -0.2) is 0 Å². The minimum absolute atomic E-state index is 0.609. The van der Waals surface area contributed by atoms with E-state index < -0.39 is 8.07 Å². The molecule has 0 saturated heterocycles. The second-order valence-electron chi connectivity index (χ2n) is 5.42. The lowest BCUT2D eigenvalue weighted by Crippen LogP contribution is -2.37. The summed E-state index contributed by atoms with van der Waals surface area (Å²) >= 11 is 0. The summed E-state index contributed by atoms with van der Waals surface area (Å²) in [5.41, 5.74) is 2.61. The average molecular weight is 255 g/mol. The molecule has 0 N–H and O–H groups in total. The van der Waals surface area contributed by atoms with E-state index in [4.69, 9.17) is 0 Å². The predicted octanol–water partition coefficient (Wildman–Crippen LogP) is 3.11. The van der Waals surface area contributed by atoms with Crippen LogP contribution in [0.15, 0.2) is 42.6 Å². The number of aldehydes is 1. The van der Waals surface area contributed by atoms with Crippen molar-refractivity contribution in [3.05, 3.63) is 48.2 Å². The van der Waals surface area contributed by atoms with Crippen molar-refractivity contribution < 1.29 is 4.79 Å². The molecular formula is C15H17NOSi. The topological polar surface area (TPSA) is 30.0 Å². The van der Waals surface area contributed by atoms with Gasteiger partial charge in [-0.3, -0.25) is 9.78 Å². The molecule has 0 unspecified atom stereocenters. The van der Waals surface area contributed by atoms with Crippen molar-refractivity contribution in [2.24, 2.45) is 0 Å². The maximum Gasteiger partial charge on any atom is 0.151 e. The third-order valence-corrected chi connectivity index (χ3v) is 5.03. The van der Waals surface area contributed by atoms with Crippen LogP contribution in [-0.4, -0.2) is 19.3 Å². The predicted molar refractivity (Wildman–Crippen MR) is 78.0 cm³/mol. The first-order valence-electron chi connectivity index (χ1n) is 6.03. The highest BCUT2D eigenvalue weighted by atomic mass is 28.3. The van der Waals surface area contributed by atoms with Crippen molar-refractivity contribution >= 4 is 19.5 Å². The monoisotopic (exact) mass is 255 g/mol. The average Bonchev–Trinajstić information content (AvgIpc) is 2.38. The van der Waals surface area contributed by atoms with E-state index >= 15 is 0 Å². The third kappa shape index (κ3) is 2.74. The van der Waals surface area contributed by atoms with E-state index in [2.05, 4.69) is 48.9 Å². The van der Waals surface area contributed by atoms with Crippen LogP contribution in [0.25, 0.3) is 11.3 Å². The second-order valence-corrected chi connectivity index (χ2v) is 10.5. The number of carbonyl (C=O) groups excluding carboxylic acids is 1. The molecule has 0 atom stereocenters. The number of nitrogens with zero attached hydrogens (tertiary/aromatic N) is 1. The highest BCUT2D eigenvalue weighted by Crippen LogP contribution is 2.16. The Bertz CT molecular complexity index is 538. The van der Waals surface area contributed by atoms with Crippen LogP contribution in [-0.2, 0) is 0 Å². The summed E-state index contributed by atoms with van der Waals surface area (Å²) in [5, 5.41) is 1.44. The molecule has 1 aromatic heterocycles. The van der Waals surface area contributed by atoms with Crippen LogP contribution in [0.3, 0.4) is 0 Å². The van der Waals surface area contributed by atoms with E-state index in [9.17, 15) is 4.79 Å². The quantitative estimate of drug-likeness (QED) is 0.623. The maximum atomic E-state index is 10.6. The van der Waals surface area contributed by atoms with Crippen LogP contribution in [0.4, 0.5) is 0 Å². The number of pyridine rings is 1. The van der Waals surface area contributed by atoms with E-state index in [0.717, 1.165) is 17.5 Å². The summed E-state index contributed by atoms with van der Waals surface area (Å²) in [6.45, 7) is 7.00. The Morgan fingerprint density at radius 2 is 1.67 bits per heavy atom. The normalized spacial score (nSPS) is 11.3. The first-order chi connectivity index (χ1) is 8.50. The Balaban J connectivity index is 2.31. The SMILES string of the molecule is C[Si](C)(C)c1ccc(-c2ccc(C=O)cn2)cc1. The van der Waals surface area contributed by atoms with Gasteiger partial charge in [-0.1, -0.05) is 49.1 Å². The highest BCUT2D eigenvalue weighted by molar-refractivity contribution is 6.88. The zero-order valence-corrected chi connectivity index (χ0v) is 12.0. The van der Waals surface area contributed by atoms with Gasteiger partial charge in [0, 0.05) is 17.3 Å². The molecule has 0 amide bonds. The van der Waals surface area contributed by atoms with Gasteiger partial charge in [-0.05, 0) is 12.1 Å². The van der Waals surface area contributed by atoms with Gasteiger partial charge in [0.2, 0.25) is 0 Å². The highest BCUT2D eigenvalue weighted by Gasteiger charge is 2.15. The van der Waals surface area contributed by atoms with Crippen molar-refractivity contribution in [3.8, 4) is 11.3 Å². The molecule has 18 heavy (non-hydrogen) atoms. The van der Waals surface area contributed by atoms with Gasteiger partial charge >= 0.3 is 0 Å². The standard InChI is InChI=1S/C15H17NOSi/c1-18(2,3)14-7-5-13(6-8-14)15-9-4-12(11-17)10-16-15/h4-11H,1-3H3. The Hall–Kier alpha value is -1.74. The minimum Gasteiger partial charge on any atom is -0.298 e. The number of carbonyl (C=O) groups is 1. The van der Waals surface area contributed by atoms with Gasteiger partial charge in [0.1, 0.15) is 0 Å². The maximum absolute atomic E-state index is 10.6. The summed E-state index contributed by atoms with van der Waals surface area (Å²) in [4.78, 5) is 14.9. The second kappa shape index (κ2) is 4.86. The number of hydrogen-bond acceptors (Lipinski definition) is 2. The zero-order valence-electron chi connectivity index (χ0n) is 11.0. The van der Waals surface area contributed by atoms with Crippen LogP contribution in [0.2, 0.25) is 19.6 Å². The number of aromatic nitrogens is 1. The van der Waals surface area contributed by atoms with Gasteiger partial charge in [-0.2, -0.15) is 0 Å². The smallest absolute Gasteiger partial charge is 0.151 e. The molecule has 0 bridgehead atoms. The van der Waals surface area contributed by atoms with Crippen LogP contribution in [0, 0.1) is 0 Å². The van der Waals surface area contributed by atoms with E-state index in [1.165, 1.54) is 5.19 Å². The molecule has 2 aromatic rings. The summed E-state index contributed by atoms with van der Waals surface area (Å²) < 4.78 is 0. The van der Waals surface area contributed by atoms with Crippen LogP contribution >= 0.6 is 0 Å². The van der Waals surface area contributed by atoms with Crippen molar-refractivity contribution in [3.63, 3.8) is 0 Å². The van der Waals surface area contributed by atoms with Crippen molar-refractivity contribution in [2.45, 2.75) is 19.6 Å².